The van der Waals surface area contributed by atoms with Crippen LogP contribution in [0.15, 0.2) is 67.6 Å². The Morgan fingerprint density at radius 3 is 2.91 bits per heavy atom. The summed E-state index contributed by atoms with van der Waals surface area (Å²) < 4.78 is 10.3. The van der Waals surface area contributed by atoms with Crippen LogP contribution in [0.1, 0.15) is 5.56 Å². The highest BCUT2D eigenvalue weighted by Gasteiger charge is 2.04. The van der Waals surface area contributed by atoms with Gasteiger partial charge in [-0.1, -0.05) is 38.0 Å². The van der Waals surface area contributed by atoms with Crippen LogP contribution >= 0.6 is 0 Å². The maximum absolute atomic E-state index is 11.4. The van der Waals surface area contributed by atoms with Crippen molar-refractivity contribution < 1.29 is 14.3 Å². The van der Waals surface area contributed by atoms with Crippen molar-refractivity contribution in [1.29, 1.82) is 0 Å². The number of nitrogens with zero attached hydrogens (tertiary/aromatic N) is 1. The van der Waals surface area contributed by atoms with E-state index in [0.29, 0.717) is 23.8 Å². The van der Waals surface area contributed by atoms with Crippen LogP contribution in [-0.2, 0) is 20.9 Å². The van der Waals surface area contributed by atoms with Gasteiger partial charge in [0.25, 0.3) is 5.91 Å². The molecule has 0 saturated heterocycles. The highest BCUT2D eigenvalue weighted by molar-refractivity contribution is 5.90. The molecular formula is C17H20N2O3. The van der Waals surface area contributed by atoms with E-state index < -0.39 is 0 Å². The number of ether oxygens (including phenoxy) is 2. The fraction of sp³-hybridized carbons (Fsp3) is 0.176. The molecule has 0 saturated carbocycles. The van der Waals surface area contributed by atoms with Gasteiger partial charge in [-0.25, -0.2) is 4.98 Å². The fourth-order valence-corrected chi connectivity index (χ4v) is 1.48. The van der Waals surface area contributed by atoms with Gasteiger partial charge in [0.15, 0.2) is 0 Å². The van der Waals surface area contributed by atoms with Gasteiger partial charge >= 0.3 is 0 Å². The molecule has 0 atom stereocenters. The SMILES string of the molecule is C=CC=CC(=C)C(=C)OCc1ccnc(NC(=O)COC)c1. The average Bonchev–Trinajstić information content (AvgIpc) is 2.50. The lowest BCUT2D eigenvalue weighted by molar-refractivity contribution is -0.119. The van der Waals surface area contributed by atoms with E-state index in [4.69, 9.17) is 9.47 Å². The van der Waals surface area contributed by atoms with E-state index in [0.717, 1.165) is 5.56 Å². The molecule has 1 amide bonds. The summed E-state index contributed by atoms with van der Waals surface area (Å²) in [4.78, 5) is 15.5. The Bertz CT molecular complexity index is 591. The molecule has 116 valence electrons. The third kappa shape index (κ3) is 6.19. The van der Waals surface area contributed by atoms with Gasteiger partial charge in [-0.15, -0.1) is 0 Å². The third-order valence-corrected chi connectivity index (χ3v) is 2.57. The van der Waals surface area contributed by atoms with Gasteiger partial charge < -0.3 is 14.8 Å². The molecule has 22 heavy (non-hydrogen) atoms. The van der Waals surface area contributed by atoms with Gasteiger partial charge in [-0.2, -0.15) is 0 Å². The molecule has 0 bridgehead atoms. The van der Waals surface area contributed by atoms with Crippen LogP contribution in [-0.4, -0.2) is 24.6 Å². The second-order valence-electron chi connectivity index (χ2n) is 4.36. The summed E-state index contributed by atoms with van der Waals surface area (Å²) >= 11 is 0. The summed E-state index contributed by atoms with van der Waals surface area (Å²) in [5, 5.41) is 2.63. The summed E-state index contributed by atoms with van der Waals surface area (Å²) in [5.74, 6) is 0.652. The smallest absolute Gasteiger partial charge is 0.251 e. The Labute approximate surface area is 130 Å². The third-order valence-electron chi connectivity index (χ3n) is 2.57. The van der Waals surface area contributed by atoms with E-state index >= 15 is 0 Å². The fourth-order valence-electron chi connectivity index (χ4n) is 1.48. The summed E-state index contributed by atoms with van der Waals surface area (Å²) in [6.07, 6.45) is 6.76. The van der Waals surface area contributed by atoms with E-state index in [1.165, 1.54) is 7.11 Å². The number of hydrogen-bond donors (Lipinski definition) is 1. The molecule has 0 aliphatic carbocycles. The van der Waals surface area contributed by atoms with Gasteiger partial charge in [0.1, 0.15) is 24.8 Å². The van der Waals surface area contributed by atoms with Crippen LogP contribution in [0.5, 0.6) is 0 Å². The Morgan fingerprint density at radius 1 is 1.45 bits per heavy atom. The second kappa shape index (κ2) is 9.31. The lowest BCUT2D eigenvalue weighted by Crippen LogP contribution is -2.17. The van der Waals surface area contributed by atoms with Crippen molar-refractivity contribution in [3.8, 4) is 0 Å². The summed E-state index contributed by atoms with van der Waals surface area (Å²) in [6, 6.07) is 3.52. The lowest BCUT2D eigenvalue weighted by Gasteiger charge is -2.10. The number of allylic oxidation sites excluding steroid dienone is 3. The zero-order valence-electron chi connectivity index (χ0n) is 12.7. The number of amides is 1. The number of methoxy groups -OCH3 is 1. The minimum absolute atomic E-state index is 0.0192. The number of hydrogen-bond acceptors (Lipinski definition) is 4. The van der Waals surface area contributed by atoms with Crippen molar-refractivity contribution in [2.45, 2.75) is 6.61 Å². The average molecular weight is 300 g/mol. The molecule has 5 heteroatoms. The van der Waals surface area contributed by atoms with Gasteiger partial charge in [0, 0.05) is 18.9 Å². The van der Waals surface area contributed by atoms with E-state index in [1.54, 1.807) is 36.6 Å². The first-order chi connectivity index (χ1) is 10.6. The molecule has 0 radical (unpaired) electrons. The number of carbonyl (C=O) groups is 1. The predicted molar refractivity (Wildman–Crippen MR) is 87.1 cm³/mol. The van der Waals surface area contributed by atoms with Crippen molar-refractivity contribution in [3.05, 3.63) is 73.2 Å². The van der Waals surface area contributed by atoms with Gasteiger partial charge in [-0.05, 0) is 17.7 Å². The molecule has 0 aliphatic rings. The minimum atomic E-state index is -0.264. The first kappa shape index (κ1) is 17.4. The zero-order valence-corrected chi connectivity index (χ0v) is 12.7. The van der Waals surface area contributed by atoms with E-state index in [2.05, 4.69) is 30.0 Å². The molecular weight excluding hydrogens is 280 g/mol. The van der Waals surface area contributed by atoms with Gasteiger partial charge in [-0.3, -0.25) is 4.79 Å². The van der Waals surface area contributed by atoms with Crippen molar-refractivity contribution in [2.75, 3.05) is 19.0 Å². The number of nitrogens with one attached hydrogen (secondary N) is 1. The van der Waals surface area contributed by atoms with Gasteiger partial charge in [0.2, 0.25) is 0 Å². The van der Waals surface area contributed by atoms with Crippen molar-refractivity contribution >= 4 is 11.7 Å². The molecule has 0 aromatic carbocycles. The van der Waals surface area contributed by atoms with Crippen molar-refractivity contribution in [3.63, 3.8) is 0 Å². The van der Waals surface area contributed by atoms with Crippen LogP contribution in [0.25, 0.3) is 0 Å². The molecule has 0 unspecified atom stereocenters. The molecule has 1 heterocycles. The van der Waals surface area contributed by atoms with E-state index in [1.807, 2.05) is 0 Å². The number of carbonyl (C=O) groups excluding carboxylic acids is 1. The maximum Gasteiger partial charge on any atom is 0.251 e. The summed E-state index contributed by atoms with van der Waals surface area (Å²) in [7, 11) is 1.45. The molecule has 0 spiro atoms. The maximum atomic E-state index is 11.4. The Balaban J connectivity index is 2.58. The van der Waals surface area contributed by atoms with E-state index in [-0.39, 0.29) is 12.5 Å². The molecule has 1 rings (SSSR count). The monoisotopic (exact) mass is 300 g/mol. The topological polar surface area (TPSA) is 60.5 Å². The number of pyridine rings is 1. The largest absolute Gasteiger partial charge is 0.489 e. The van der Waals surface area contributed by atoms with Crippen LogP contribution in [0.2, 0.25) is 0 Å². The highest BCUT2D eigenvalue weighted by atomic mass is 16.5. The highest BCUT2D eigenvalue weighted by Crippen LogP contribution is 2.14. The number of anilines is 1. The number of aromatic nitrogens is 1. The van der Waals surface area contributed by atoms with Crippen LogP contribution in [0, 0.1) is 0 Å². The van der Waals surface area contributed by atoms with Crippen molar-refractivity contribution in [1.82, 2.24) is 4.98 Å². The molecule has 1 aromatic heterocycles. The Kier molecular flexibility index (Phi) is 7.36. The van der Waals surface area contributed by atoms with E-state index in [9.17, 15) is 4.79 Å². The summed E-state index contributed by atoms with van der Waals surface area (Å²) in [6.45, 7) is 11.5. The predicted octanol–water partition coefficient (Wildman–Crippen LogP) is 3.00. The Hall–Kier alpha value is -2.66. The summed E-state index contributed by atoms with van der Waals surface area (Å²) in [5.41, 5.74) is 1.52. The van der Waals surface area contributed by atoms with Crippen LogP contribution in [0.3, 0.4) is 0 Å². The normalized spacial score (nSPS) is 10.2. The molecule has 0 aliphatic heterocycles. The Morgan fingerprint density at radius 2 is 2.23 bits per heavy atom. The molecule has 1 N–H and O–H groups in total. The molecule has 1 aromatic rings. The van der Waals surface area contributed by atoms with Gasteiger partial charge in [0.05, 0.1) is 0 Å². The first-order valence-electron chi connectivity index (χ1n) is 6.60. The van der Waals surface area contributed by atoms with Crippen LogP contribution < -0.4 is 5.32 Å². The van der Waals surface area contributed by atoms with Crippen LogP contribution in [0.4, 0.5) is 5.82 Å². The number of rotatable bonds is 9. The molecule has 0 fully saturated rings. The minimum Gasteiger partial charge on any atom is -0.489 e. The standard InChI is InChI=1S/C17H20N2O3/c1-5-6-7-13(2)14(3)22-11-15-8-9-18-16(10-15)19-17(20)12-21-4/h5-10H,1-3,11-12H2,4H3,(H,18,19,20). The molecule has 5 nitrogen and oxygen atoms in total. The van der Waals surface area contributed by atoms with Crippen molar-refractivity contribution in [2.24, 2.45) is 0 Å². The second-order valence-corrected chi connectivity index (χ2v) is 4.36. The quantitative estimate of drug-likeness (QED) is 0.562. The zero-order chi connectivity index (χ0) is 16.4. The lowest BCUT2D eigenvalue weighted by atomic mass is 10.2. The first-order valence-corrected chi connectivity index (χ1v) is 6.60.